The maximum atomic E-state index is 3.73. The Morgan fingerprint density at radius 2 is 2.00 bits per heavy atom. The smallest absolute Gasteiger partial charge is 0.0264 e. The van der Waals surface area contributed by atoms with Crippen LogP contribution >= 0.6 is 0 Å². The molecule has 2 unspecified atom stereocenters. The van der Waals surface area contributed by atoms with E-state index in [0.717, 1.165) is 13.0 Å². The zero-order valence-corrected chi connectivity index (χ0v) is 12.6. The van der Waals surface area contributed by atoms with Crippen molar-refractivity contribution in [3.8, 4) is 0 Å². The number of nitrogens with zero attached hydrogens (tertiary/aromatic N) is 1. The fraction of sp³-hybridized carbons (Fsp3) is 0.647. The van der Waals surface area contributed by atoms with Crippen LogP contribution in [0.25, 0.3) is 0 Å². The van der Waals surface area contributed by atoms with Gasteiger partial charge in [0.1, 0.15) is 0 Å². The van der Waals surface area contributed by atoms with Crippen molar-refractivity contribution in [2.45, 2.75) is 58.2 Å². The van der Waals surface area contributed by atoms with Crippen molar-refractivity contribution < 1.29 is 0 Å². The zero-order valence-electron chi connectivity index (χ0n) is 12.6. The first-order chi connectivity index (χ1) is 9.20. The maximum Gasteiger partial charge on any atom is 0.0264 e. The van der Waals surface area contributed by atoms with Crippen LogP contribution in [0.15, 0.2) is 30.3 Å². The SMILES string of the molecule is CCCC1CN(C(C)C)C(Cc2ccccc2)CN1. The average molecular weight is 260 g/mol. The normalized spacial score (nSPS) is 24.8. The van der Waals surface area contributed by atoms with Gasteiger partial charge in [0.2, 0.25) is 0 Å². The van der Waals surface area contributed by atoms with Crippen molar-refractivity contribution in [3.63, 3.8) is 0 Å². The predicted molar refractivity (Wildman–Crippen MR) is 82.5 cm³/mol. The second kappa shape index (κ2) is 7.06. The maximum absolute atomic E-state index is 3.73. The summed E-state index contributed by atoms with van der Waals surface area (Å²) in [4.78, 5) is 2.68. The molecule has 0 radical (unpaired) electrons. The molecule has 2 atom stereocenters. The Labute approximate surface area is 118 Å². The lowest BCUT2D eigenvalue weighted by atomic mass is 9.98. The third-order valence-electron chi connectivity index (χ3n) is 4.16. The van der Waals surface area contributed by atoms with Gasteiger partial charge in [-0.3, -0.25) is 4.90 Å². The van der Waals surface area contributed by atoms with E-state index in [0.29, 0.717) is 18.1 Å². The molecule has 0 aliphatic carbocycles. The molecule has 0 aromatic heterocycles. The van der Waals surface area contributed by atoms with Gasteiger partial charge in [-0.15, -0.1) is 0 Å². The van der Waals surface area contributed by atoms with E-state index in [2.05, 4.69) is 61.3 Å². The van der Waals surface area contributed by atoms with Crippen LogP contribution in [-0.4, -0.2) is 36.1 Å². The van der Waals surface area contributed by atoms with Crippen LogP contribution in [0.2, 0.25) is 0 Å². The molecule has 0 saturated carbocycles. The van der Waals surface area contributed by atoms with E-state index in [4.69, 9.17) is 0 Å². The predicted octanol–water partition coefficient (Wildman–Crippen LogP) is 3.08. The highest BCUT2D eigenvalue weighted by molar-refractivity contribution is 5.16. The van der Waals surface area contributed by atoms with Gasteiger partial charge in [0.25, 0.3) is 0 Å². The number of nitrogens with one attached hydrogen (secondary N) is 1. The molecule has 1 saturated heterocycles. The minimum Gasteiger partial charge on any atom is -0.311 e. The summed E-state index contributed by atoms with van der Waals surface area (Å²) in [6.45, 7) is 9.25. The Balaban J connectivity index is 1.99. The van der Waals surface area contributed by atoms with Gasteiger partial charge < -0.3 is 5.32 Å². The summed E-state index contributed by atoms with van der Waals surface area (Å²) in [5.74, 6) is 0. The van der Waals surface area contributed by atoms with Crippen molar-refractivity contribution >= 4 is 0 Å². The fourth-order valence-corrected chi connectivity index (χ4v) is 3.14. The summed E-state index contributed by atoms with van der Waals surface area (Å²) in [5, 5.41) is 3.73. The molecule has 1 aliphatic heterocycles. The molecule has 1 fully saturated rings. The monoisotopic (exact) mass is 260 g/mol. The van der Waals surface area contributed by atoms with Crippen LogP contribution in [0.1, 0.15) is 39.2 Å². The van der Waals surface area contributed by atoms with E-state index in [1.165, 1.54) is 24.9 Å². The summed E-state index contributed by atoms with van der Waals surface area (Å²) in [6, 6.07) is 12.8. The Bertz CT molecular complexity index is 361. The average Bonchev–Trinajstić information content (AvgIpc) is 2.42. The van der Waals surface area contributed by atoms with Crippen LogP contribution in [0.3, 0.4) is 0 Å². The van der Waals surface area contributed by atoms with E-state index < -0.39 is 0 Å². The van der Waals surface area contributed by atoms with Gasteiger partial charge in [-0.05, 0) is 32.3 Å². The number of hydrogen-bond donors (Lipinski definition) is 1. The summed E-state index contributed by atoms with van der Waals surface area (Å²) in [5.41, 5.74) is 1.45. The third kappa shape index (κ3) is 4.05. The summed E-state index contributed by atoms with van der Waals surface area (Å²) in [6.07, 6.45) is 3.72. The van der Waals surface area contributed by atoms with Gasteiger partial charge in [0, 0.05) is 31.2 Å². The number of hydrogen-bond acceptors (Lipinski definition) is 2. The molecule has 1 N–H and O–H groups in total. The van der Waals surface area contributed by atoms with Gasteiger partial charge in [-0.1, -0.05) is 43.7 Å². The van der Waals surface area contributed by atoms with Crippen molar-refractivity contribution in [3.05, 3.63) is 35.9 Å². The van der Waals surface area contributed by atoms with Gasteiger partial charge in [0.15, 0.2) is 0 Å². The largest absolute Gasteiger partial charge is 0.311 e. The first kappa shape index (κ1) is 14.5. The van der Waals surface area contributed by atoms with Gasteiger partial charge >= 0.3 is 0 Å². The fourth-order valence-electron chi connectivity index (χ4n) is 3.14. The molecule has 0 spiro atoms. The third-order valence-corrected chi connectivity index (χ3v) is 4.16. The molecule has 106 valence electrons. The van der Waals surface area contributed by atoms with Gasteiger partial charge in [-0.25, -0.2) is 0 Å². The molecule has 1 aromatic rings. The highest BCUT2D eigenvalue weighted by Crippen LogP contribution is 2.17. The zero-order chi connectivity index (χ0) is 13.7. The molecule has 0 amide bonds. The lowest BCUT2D eigenvalue weighted by Crippen LogP contribution is -2.59. The first-order valence-corrected chi connectivity index (χ1v) is 7.73. The number of rotatable bonds is 5. The second-order valence-electron chi connectivity index (χ2n) is 6.03. The molecule has 2 rings (SSSR count). The topological polar surface area (TPSA) is 15.3 Å². The Morgan fingerprint density at radius 1 is 1.26 bits per heavy atom. The van der Waals surface area contributed by atoms with Gasteiger partial charge in [-0.2, -0.15) is 0 Å². The first-order valence-electron chi connectivity index (χ1n) is 7.73. The lowest BCUT2D eigenvalue weighted by Gasteiger charge is -2.43. The van der Waals surface area contributed by atoms with E-state index in [1.54, 1.807) is 0 Å². The van der Waals surface area contributed by atoms with Crippen LogP contribution in [-0.2, 0) is 6.42 Å². The Hall–Kier alpha value is -0.860. The number of benzene rings is 1. The summed E-state index contributed by atoms with van der Waals surface area (Å²) >= 11 is 0. The van der Waals surface area contributed by atoms with Crippen molar-refractivity contribution in [2.24, 2.45) is 0 Å². The van der Waals surface area contributed by atoms with Crippen LogP contribution in [0.5, 0.6) is 0 Å². The minimum atomic E-state index is 0.634. The minimum absolute atomic E-state index is 0.634. The molecule has 2 nitrogen and oxygen atoms in total. The van der Waals surface area contributed by atoms with Crippen LogP contribution in [0.4, 0.5) is 0 Å². The molecular weight excluding hydrogens is 232 g/mol. The Kier molecular flexibility index (Phi) is 5.41. The quantitative estimate of drug-likeness (QED) is 0.875. The van der Waals surface area contributed by atoms with Gasteiger partial charge in [0.05, 0.1) is 0 Å². The summed E-state index contributed by atoms with van der Waals surface area (Å²) < 4.78 is 0. The van der Waals surface area contributed by atoms with Crippen molar-refractivity contribution in [2.75, 3.05) is 13.1 Å². The van der Waals surface area contributed by atoms with Crippen molar-refractivity contribution in [1.82, 2.24) is 10.2 Å². The second-order valence-corrected chi connectivity index (χ2v) is 6.03. The number of piperazine rings is 1. The van der Waals surface area contributed by atoms with Crippen molar-refractivity contribution in [1.29, 1.82) is 0 Å². The standard InChI is InChI=1S/C17H28N2/c1-4-8-16-13-19(14(2)3)17(12-18-16)11-15-9-6-5-7-10-15/h5-7,9-10,14,16-18H,4,8,11-13H2,1-3H3. The molecule has 2 heteroatoms. The van der Waals surface area contributed by atoms with Crippen LogP contribution in [0, 0.1) is 0 Å². The molecule has 1 aromatic carbocycles. The molecule has 0 bridgehead atoms. The van der Waals surface area contributed by atoms with Crippen LogP contribution < -0.4 is 5.32 Å². The van der Waals surface area contributed by atoms with E-state index in [9.17, 15) is 0 Å². The van der Waals surface area contributed by atoms with E-state index in [1.807, 2.05) is 0 Å². The summed E-state index contributed by atoms with van der Waals surface area (Å²) in [7, 11) is 0. The lowest BCUT2D eigenvalue weighted by molar-refractivity contribution is 0.0937. The Morgan fingerprint density at radius 3 is 2.63 bits per heavy atom. The highest BCUT2D eigenvalue weighted by atomic mass is 15.2. The van der Waals surface area contributed by atoms with E-state index in [-0.39, 0.29) is 0 Å². The molecule has 1 aliphatic rings. The highest BCUT2D eigenvalue weighted by Gasteiger charge is 2.28. The molecule has 1 heterocycles. The molecular formula is C17H28N2. The van der Waals surface area contributed by atoms with E-state index >= 15 is 0 Å². The molecule has 19 heavy (non-hydrogen) atoms.